The van der Waals surface area contributed by atoms with E-state index in [0.29, 0.717) is 44.7 Å². The zero-order valence-electron chi connectivity index (χ0n) is 13.2. The molecule has 7 nitrogen and oxygen atoms in total. The number of aromatic carboxylic acids is 1. The Bertz CT molecular complexity index is 1070. The largest absolute Gasteiger partial charge is 0.504 e. The smallest absolute Gasteiger partial charge is 0.356 e. The second-order valence-electron chi connectivity index (χ2n) is 5.77. The molecule has 0 saturated carbocycles. The van der Waals surface area contributed by atoms with E-state index in [1.54, 1.807) is 33.0 Å². The maximum Gasteiger partial charge on any atom is 0.356 e. The van der Waals surface area contributed by atoms with Gasteiger partial charge in [-0.05, 0) is 32.0 Å². The number of carbonyl (C=O) groups is 1. The molecular weight excluding hydrogens is 312 g/mol. The van der Waals surface area contributed by atoms with Gasteiger partial charge in [0.15, 0.2) is 17.0 Å². The molecule has 0 aliphatic rings. The second kappa shape index (κ2) is 4.64. The number of rotatable bonds is 2. The lowest BCUT2D eigenvalue weighted by molar-refractivity contribution is 0.0689. The van der Waals surface area contributed by atoms with Gasteiger partial charge >= 0.3 is 5.97 Å². The summed E-state index contributed by atoms with van der Waals surface area (Å²) in [5, 5.41) is 24.9. The van der Waals surface area contributed by atoms with Crippen LogP contribution < -0.4 is 0 Å². The van der Waals surface area contributed by atoms with Gasteiger partial charge in [-0.1, -0.05) is 0 Å². The molecule has 0 unspecified atom stereocenters. The number of benzene rings is 1. The lowest BCUT2D eigenvalue weighted by Crippen LogP contribution is -1.99. The monoisotopic (exact) mass is 326 g/mol. The minimum Gasteiger partial charge on any atom is -0.504 e. The summed E-state index contributed by atoms with van der Waals surface area (Å²) in [5.74, 6) is 0.162. The van der Waals surface area contributed by atoms with Gasteiger partial charge in [0.25, 0.3) is 0 Å². The van der Waals surface area contributed by atoms with Crippen LogP contribution in [0.3, 0.4) is 0 Å². The Morgan fingerprint density at radius 1 is 1.08 bits per heavy atom. The summed E-state index contributed by atoms with van der Waals surface area (Å²) in [6.07, 6.45) is 0. The molecule has 0 aliphatic heterocycles. The van der Waals surface area contributed by atoms with Crippen molar-refractivity contribution in [3.05, 3.63) is 35.4 Å². The average molecular weight is 326 g/mol. The minimum absolute atomic E-state index is 0.00864. The molecule has 122 valence electrons. The molecule has 0 amide bonds. The zero-order chi connectivity index (χ0) is 17.2. The van der Waals surface area contributed by atoms with Crippen molar-refractivity contribution in [2.24, 2.45) is 7.05 Å². The molecule has 4 rings (SSSR count). The number of hydrogen-bond acceptors (Lipinski definition) is 5. The van der Waals surface area contributed by atoms with Crippen LogP contribution in [0, 0.1) is 13.8 Å². The molecule has 7 heteroatoms. The molecule has 24 heavy (non-hydrogen) atoms. The Kier molecular flexibility index (Phi) is 2.78. The van der Waals surface area contributed by atoms with Crippen LogP contribution in [0.15, 0.2) is 27.0 Å². The van der Waals surface area contributed by atoms with Crippen molar-refractivity contribution >= 4 is 27.9 Å². The fourth-order valence-corrected chi connectivity index (χ4v) is 3.06. The van der Waals surface area contributed by atoms with E-state index in [4.69, 9.17) is 8.83 Å². The molecule has 2 N–H and O–H groups in total. The molecule has 3 heterocycles. The highest BCUT2D eigenvalue weighted by molar-refractivity contribution is 6.13. The van der Waals surface area contributed by atoms with Crippen molar-refractivity contribution < 1.29 is 23.8 Å². The Labute approximate surface area is 135 Å². The minimum atomic E-state index is -1.11. The fraction of sp³-hybridized carbons (Fsp3) is 0.176. The van der Waals surface area contributed by atoms with E-state index in [-0.39, 0.29) is 11.4 Å². The molecule has 0 fully saturated rings. The van der Waals surface area contributed by atoms with E-state index in [1.807, 2.05) is 0 Å². The first-order valence-electron chi connectivity index (χ1n) is 7.29. The number of hydrogen-bond donors (Lipinski definition) is 2. The van der Waals surface area contributed by atoms with Gasteiger partial charge in [-0.25, -0.2) is 4.79 Å². The molecule has 1 aromatic carbocycles. The van der Waals surface area contributed by atoms with Gasteiger partial charge in [-0.2, -0.15) is 5.10 Å². The number of carboxylic acids is 1. The predicted molar refractivity (Wildman–Crippen MR) is 86.3 cm³/mol. The highest BCUT2D eigenvalue weighted by atomic mass is 16.4. The molecule has 0 radical (unpaired) electrons. The lowest BCUT2D eigenvalue weighted by atomic mass is 10.0. The van der Waals surface area contributed by atoms with Crippen molar-refractivity contribution in [2.45, 2.75) is 13.8 Å². The summed E-state index contributed by atoms with van der Waals surface area (Å²) in [6, 6.07) is 4.99. The van der Waals surface area contributed by atoms with E-state index >= 15 is 0 Å². The predicted octanol–water partition coefficient (Wildman–Crippen LogP) is 3.60. The van der Waals surface area contributed by atoms with Gasteiger partial charge < -0.3 is 19.0 Å². The molecule has 3 aromatic heterocycles. The third kappa shape index (κ3) is 1.84. The van der Waals surface area contributed by atoms with Crippen LogP contribution >= 0.6 is 0 Å². The summed E-state index contributed by atoms with van der Waals surface area (Å²) in [7, 11) is 1.66. The number of aromatic nitrogens is 2. The lowest BCUT2D eigenvalue weighted by Gasteiger charge is -2.06. The van der Waals surface area contributed by atoms with Crippen LogP contribution in [0.25, 0.3) is 33.2 Å². The first-order valence-corrected chi connectivity index (χ1v) is 7.29. The SMILES string of the molecule is Cc1cc2c(-c3cc(C(=O)O)nn3C)c3oc(C)cc3c(O)c2o1. The number of furan rings is 2. The molecule has 0 aliphatic carbocycles. The first kappa shape index (κ1) is 14.4. The number of phenols is 1. The summed E-state index contributed by atoms with van der Waals surface area (Å²) in [5.41, 5.74) is 1.96. The van der Waals surface area contributed by atoms with E-state index in [1.165, 1.54) is 10.7 Å². The first-order chi connectivity index (χ1) is 11.4. The van der Waals surface area contributed by atoms with Crippen molar-refractivity contribution in [3.8, 4) is 17.0 Å². The number of fused-ring (bicyclic) bond motifs is 2. The number of aryl methyl sites for hydroxylation is 3. The van der Waals surface area contributed by atoms with E-state index in [2.05, 4.69) is 5.10 Å². The van der Waals surface area contributed by atoms with Gasteiger partial charge in [0, 0.05) is 12.4 Å². The highest BCUT2D eigenvalue weighted by Gasteiger charge is 2.24. The molecule has 0 atom stereocenters. The molecular formula is C17H14N2O5. The van der Waals surface area contributed by atoms with Crippen molar-refractivity contribution in [1.82, 2.24) is 9.78 Å². The van der Waals surface area contributed by atoms with E-state index < -0.39 is 5.97 Å². The number of phenolic OH excluding ortho intramolecular Hbond substituents is 1. The van der Waals surface area contributed by atoms with Crippen LogP contribution in [-0.4, -0.2) is 26.0 Å². The Morgan fingerprint density at radius 2 is 1.71 bits per heavy atom. The average Bonchev–Trinajstić information content (AvgIpc) is 3.17. The summed E-state index contributed by atoms with van der Waals surface area (Å²) in [6.45, 7) is 3.56. The topological polar surface area (TPSA) is 102 Å². The third-order valence-electron chi connectivity index (χ3n) is 4.03. The summed E-state index contributed by atoms with van der Waals surface area (Å²) in [4.78, 5) is 11.2. The summed E-state index contributed by atoms with van der Waals surface area (Å²) < 4.78 is 12.9. The van der Waals surface area contributed by atoms with Crippen LogP contribution in [-0.2, 0) is 7.05 Å². The highest BCUT2D eigenvalue weighted by Crippen LogP contribution is 2.45. The normalized spacial score (nSPS) is 11.6. The third-order valence-corrected chi connectivity index (χ3v) is 4.03. The van der Waals surface area contributed by atoms with Crippen LogP contribution in [0.1, 0.15) is 22.0 Å². The zero-order valence-corrected chi connectivity index (χ0v) is 13.2. The second-order valence-corrected chi connectivity index (χ2v) is 5.77. The molecule has 0 bridgehead atoms. The van der Waals surface area contributed by atoms with Crippen molar-refractivity contribution in [2.75, 3.05) is 0 Å². The van der Waals surface area contributed by atoms with Gasteiger partial charge in [-0.3, -0.25) is 4.68 Å². The van der Waals surface area contributed by atoms with Gasteiger partial charge in [0.2, 0.25) is 0 Å². The molecule has 0 spiro atoms. The number of nitrogens with zero attached hydrogens (tertiary/aromatic N) is 2. The van der Waals surface area contributed by atoms with Crippen molar-refractivity contribution in [3.63, 3.8) is 0 Å². The van der Waals surface area contributed by atoms with Crippen LogP contribution in [0.4, 0.5) is 0 Å². The van der Waals surface area contributed by atoms with Crippen molar-refractivity contribution in [1.29, 1.82) is 0 Å². The van der Waals surface area contributed by atoms with Gasteiger partial charge in [-0.15, -0.1) is 0 Å². The van der Waals surface area contributed by atoms with Crippen LogP contribution in [0.2, 0.25) is 0 Å². The standard InChI is InChI=1S/C17H14N2O5/c1-7-4-9-13(12-6-11(17(21)22)18-19(12)3)15-10(5-8(2)23-15)14(20)16(9)24-7/h4-6,20H,1-3H3,(H,21,22). The Hall–Kier alpha value is -3.22. The number of carboxylic acid groups (broad SMARTS) is 1. The van der Waals surface area contributed by atoms with Gasteiger partial charge in [0.05, 0.1) is 16.6 Å². The van der Waals surface area contributed by atoms with E-state index in [9.17, 15) is 15.0 Å². The van der Waals surface area contributed by atoms with Crippen LogP contribution in [0.5, 0.6) is 5.75 Å². The van der Waals surface area contributed by atoms with E-state index in [0.717, 1.165) is 0 Å². The quantitative estimate of drug-likeness (QED) is 0.583. The maximum atomic E-state index is 11.2. The Morgan fingerprint density at radius 3 is 2.33 bits per heavy atom. The maximum absolute atomic E-state index is 11.2. The molecule has 0 saturated heterocycles. The molecule has 4 aromatic rings. The Balaban J connectivity index is 2.20. The number of aromatic hydroxyl groups is 1. The fourth-order valence-electron chi connectivity index (χ4n) is 3.06. The summed E-state index contributed by atoms with van der Waals surface area (Å²) >= 11 is 0. The van der Waals surface area contributed by atoms with Gasteiger partial charge in [0.1, 0.15) is 17.1 Å².